The van der Waals surface area contributed by atoms with Crippen LogP contribution in [0.5, 0.6) is 0 Å². The summed E-state index contributed by atoms with van der Waals surface area (Å²) in [6, 6.07) is 21.7. The van der Waals surface area contributed by atoms with Gasteiger partial charge in [0.2, 0.25) is 0 Å². The molecular formula is C23H23ClFNO2S. The van der Waals surface area contributed by atoms with E-state index < -0.39 is 11.8 Å². The molecule has 3 nitrogen and oxygen atoms in total. The SMILES string of the molecule is CCCc1ccccc1.O=C(O)c1ccc(CNSc2ccc(Cl)cc2)c(F)c1. The van der Waals surface area contributed by atoms with Crippen molar-refractivity contribution < 1.29 is 14.3 Å². The number of halogens is 2. The molecule has 0 amide bonds. The minimum absolute atomic E-state index is 0.0587. The highest BCUT2D eigenvalue weighted by Gasteiger charge is 2.08. The van der Waals surface area contributed by atoms with Crippen LogP contribution in [-0.4, -0.2) is 11.1 Å². The van der Waals surface area contributed by atoms with E-state index in [-0.39, 0.29) is 5.56 Å². The summed E-state index contributed by atoms with van der Waals surface area (Å²) >= 11 is 7.13. The largest absolute Gasteiger partial charge is 0.478 e. The van der Waals surface area contributed by atoms with Crippen LogP contribution in [0, 0.1) is 5.82 Å². The number of hydrogen-bond donors (Lipinski definition) is 2. The topological polar surface area (TPSA) is 49.3 Å². The number of hydrogen-bond acceptors (Lipinski definition) is 3. The quantitative estimate of drug-likeness (QED) is 0.413. The summed E-state index contributed by atoms with van der Waals surface area (Å²) in [5.41, 5.74) is 1.80. The maximum atomic E-state index is 13.7. The van der Waals surface area contributed by atoms with Gasteiger partial charge in [-0.1, -0.05) is 61.3 Å². The Labute approximate surface area is 180 Å². The molecule has 0 aromatic heterocycles. The molecule has 152 valence electrons. The van der Waals surface area contributed by atoms with Gasteiger partial charge in [0, 0.05) is 22.0 Å². The predicted octanol–water partition coefficient (Wildman–Crippen LogP) is 6.61. The second-order valence-corrected chi connectivity index (χ2v) is 7.62. The lowest BCUT2D eigenvalue weighted by Gasteiger charge is -2.06. The number of aryl methyl sites for hydroxylation is 1. The van der Waals surface area contributed by atoms with Crippen LogP contribution in [0.25, 0.3) is 0 Å². The van der Waals surface area contributed by atoms with Crippen LogP contribution in [0.15, 0.2) is 77.7 Å². The molecule has 3 rings (SSSR count). The smallest absolute Gasteiger partial charge is 0.335 e. The van der Waals surface area contributed by atoms with Gasteiger partial charge in [-0.05, 0) is 60.3 Å². The van der Waals surface area contributed by atoms with Crippen LogP contribution >= 0.6 is 23.5 Å². The zero-order valence-corrected chi connectivity index (χ0v) is 17.6. The molecule has 0 saturated heterocycles. The first-order valence-electron chi connectivity index (χ1n) is 9.20. The summed E-state index contributed by atoms with van der Waals surface area (Å²) in [4.78, 5) is 11.6. The third kappa shape index (κ3) is 8.28. The fourth-order valence-corrected chi connectivity index (χ4v) is 3.25. The molecular weight excluding hydrogens is 409 g/mol. The van der Waals surface area contributed by atoms with Crippen LogP contribution < -0.4 is 4.72 Å². The number of aromatic carboxylic acids is 1. The van der Waals surface area contributed by atoms with E-state index in [2.05, 4.69) is 42.0 Å². The van der Waals surface area contributed by atoms with Gasteiger partial charge in [-0.2, -0.15) is 0 Å². The van der Waals surface area contributed by atoms with E-state index in [4.69, 9.17) is 16.7 Å². The monoisotopic (exact) mass is 431 g/mol. The highest BCUT2D eigenvalue weighted by Crippen LogP contribution is 2.19. The molecule has 0 aliphatic rings. The average Bonchev–Trinajstić information content (AvgIpc) is 2.72. The molecule has 29 heavy (non-hydrogen) atoms. The molecule has 0 aliphatic heterocycles. The van der Waals surface area contributed by atoms with Crippen molar-refractivity contribution in [3.63, 3.8) is 0 Å². The van der Waals surface area contributed by atoms with E-state index in [1.54, 1.807) is 12.1 Å². The van der Waals surface area contributed by atoms with E-state index in [1.165, 1.54) is 42.5 Å². The number of nitrogens with one attached hydrogen (secondary N) is 1. The molecule has 0 radical (unpaired) electrons. The summed E-state index contributed by atoms with van der Waals surface area (Å²) in [6.45, 7) is 2.49. The van der Waals surface area contributed by atoms with Gasteiger partial charge >= 0.3 is 5.97 Å². The lowest BCUT2D eigenvalue weighted by molar-refractivity contribution is 0.0696. The molecule has 0 unspecified atom stereocenters. The van der Waals surface area contributed by atoms with Crippen molar-refractivity contribution in [1.29, 1.82) is 0 Å². The highest BCUT2D eigenvalue weighted by atomic mass is 35.5. The average molecular weight is 432 g/mol. The maximum Gasteiger partial charge on any atom is 0.335 e. The van der Waals surface area contributed by atoms with Gasteiger partial charge in [0.1, 0.15) is 5.82 Å². The Kier molecular flexibility index (Phi) is 9.71. The van der Waals surface area contributed by atoms with E-state index >= 15 is 0 Å². The van der Waals surface area contributed by atoms with E-state index in [9.17, 15) is 9.18 Å². The van der Waals surface area contributed by atoms with Gasteiger partial charge in [0.05, 0.1) is 5.56 Å². The fourth-order valence-electron chi connectivity index (χ4n) is 2.46. The number of carboxylic acid groups (broad SMARTS) is 1. The lowest BCUT2D eigenvalue weighted by Crippen LogP contribution is -2.06. The summed E-state index contributed by atoms with van der Waals surface area (Å²) in [5.74, 6) is -1.67. The van der Waals surface area contributed by atoms with Crippen LogP contribution in [0.1, 0.15) is 34.8 Å². The maximum absolute atomic E-state index is 13.7. The molecule has 0 bridgehead atoms. The van der Waals surface area contributed by atoms with Gasteiger partial charge in [-0.15, -0.1) is 0 Å². The van der Waals surface area contributed by atoms with Crippen molar-refractivity contribution in [2.75, 3.05) is 0 Å². The van der Waals surface area contributed by atoms with Crippen molar-refractivity contribution in [2.24, 2.45) is 0 Å². The van der Waals surface area contributed by atoms with Crippen LogP contribution in [-0.2, 0) is 13.0 Å². The zero-order valence-electron chi connectivity index (χ0n) is 16.1. The van der Waals surface area contributed by atoms with E-state index in [1.807, 2.05) is 12.1 Å². The van der Waals surface area contributed by atoms with Crippen molar-refractivity contribution in [1.82, 2.24) is 4.72 Å². The van der Waals surface area contributed by atoms with Crippen molar-refractivity contribution in [3.8, 4) is 0 Å². The number of rotatable bonds is 7. The minimum Gasteiger partial charge on any atom is -0.478 e. The standard InChI is InChI=1S/C14H11ClFNO2S.C9H12/c15-11-3-5-12(6-4-11)20-17-8-10-2-1-9(14(18)19)7-13(10)16;1-2-6-9-7-4-3-5-8-9/h1-7,17H,8H2,(H,18,19);3-5,7-8H,2,6H2,1H3. The molecule has 0 heterocycles. The Bertz CT molecular complexity index is 905. The first kappa shape index (κ1) is 22.9. The highest BCUT2D eigenvalue weighted by molar-refractivity contribution is 7.97. The normalized spacial score (nSPS) is 10.2. The van der Waals surface area contributed by atoms with Crippen molar-refractivity contribution >= 4 is 29.5 Å². The van der Waals surface area contributed by atoms with Gasteiger partial charge in [0.25, 0.3) is 0 Å². The first-order chi connectivity index (χ1) is 14.0. The van der Waals surface area contributed by atoms with Gasteiger partial charge in [-0.3, -0.25) is 4.72 Å². The first-order valence-corrected chi connectivity index (χ1v) is 10.4. The minimum atomic E-state index is -1.14. The van der Waals surface area contributed by atoms with Crippen LogP contribution in [0.4, 0.5) is 4.39 Å². The predicted molar refractivity (Wildman–Crippen MR) is 118 cm³/mol. The second kappa shape index (κ2) is 12.3. The molecule has 0 fully saturated rings. The number of carboxylic acids is 1. The van der Waals surface area contributed by atoms with E-state index in [0.29, 0.717) is 17.1 Å². The van der Waals surface area contributed by atoms with Gasteiger partial charge < -0.3 is 5.11 Å². The Morgan fingerprint density at radius 2 is 1.76 bits per heavy atom. The third-order valence-corrected chi connectivity index (χ3v) is 5.00. The van der Waals surface area contributed by atoms with Crippen molar-refractivity contribution in [2.45, 2.75) is 31.2 Å². The van der Waals surface area contributed by atoms with Crippen LogP contribution in [0.3, 0.4) is 0 Å². The summed E-state index contributed by atoms with van der Waals surface area (Å²) < 4.78 is 16.7. The Hall–Kier alpha value is -2.34. The number of carbonyl (C=O) groups is 1. The van der Waals surface area contributed by atoms with Gasteiger partial charge in [-0.25, -0.2) is 9.18 Å². The molecule has 2 N–H and O–H groups in total. The van der Waals surface area contributed by atoms with Gasteiger partial charge in [0.15, 0.2) is 0 Å². The Balaban J connectivity index is 0.000000278. The molecule has 0 aliphatic carbocycles. The summed E-state index contributed by atoms with van der Waals surface area (Å²) in [5, 5.41) is 9.41. The lowest BCUT2D eigenvalue weighted by atomic mass is 10.1. The van der Waals surface area contributed by atoms with Crippen molar-refractivity contribution in [3.05, 3.63) is 100 Å². The molecule has 6 heteroatoms. The molecule has 0 saturated carbocycles. The van der Waals surface area contributed by atoms with Crippen LogP contribution in [0.2, 0.25) is 5.02 Å². The number of benzene rings is 3. The second-order valence-electron chi connectivity index (χ2n) is 6.22. The fraction of sp³-hybridized carbons (Fsp3) is 0.174. The third-order valence-electron chi connectivity index (χ3n) is 3.95. The molecule has 3 aromatic rings. The summed E-state index contributed by atoms with van der Waals surface area (Å²) in [7, 11) is 0. The summed E-state index contributed by atoms with van der Waals surface area (Å²) in [6.07, 6.45) is 2.45. The molecule has 0 spiro atoms. The molecule has 3 aromatic carbocycles. The molecule has 0 atom stereocenters. The Morgan fingerprint density at radius 1 is 1.07 bits per heavy atom. The van der Waals surface area contributed by atoms with E-state index in [0.717, 1.165) is 11.0 Å². The Morgan fingerprint density at radius 3 is 2.34 bits per heavy atom. The zero-order chi connectivity index (χ0) is 21.1.